The zero-order chi connectivity index (χ0) is 20.9. The van der Waals surface area contributed by atoms with Crippen LogP contribution in [-0.2, 0) is 17.3 Å². The number of rotatable bonds is 4. The van der Waals surface area contributed by atoms with Gasteiger partial charge in [-0.3, -0.25) is 4.79 Å². The Bertz CT molecular complexity index is 1020. The Kier molecular flexibility index (Phi) is 4.54. The van der Waals surface area contributed by atoms with Gasteiger partial charge in [0.1, 0.15) is 16.9 Å². The van der Waals surface area contributed by atoms with Gasteiger partial charge in [-0.05, 0) is 47.0 Å². The van der Waals surface area contributed by atoms with E-state index in [1.807, 2.05) is 86.5 Å². The van der Waals surface area contributed by atoms with Crippen LogP contribution in [0.1, 0.15) is 16.8 Å². The minimum absolute atomic E-state index is 0.127. The van der Waals surface area contributed by atoms with Crippen molar-refractivity contribution < 1.29 is 4.79 Å². The molecule has 6 nitrogen and oxygen atoms in total. The number of carbonyl (C=O) groups is 1. The molecular weight excluding hydrogens is 386 g/mol. The summed E-state index contributed by atoms with van der Waals surface area (Å²) in [5, 5.41) is 3.35. The van der Waals surface area contributed by atoms with Crippen molar-refractivity contribution in [3.63, 3.8) is 0 Å². The Morgan fingerprint density at radius 3 is 1.76 bits per heavy atom. The molecule has 1 aliphatic heterocycles. The molecule has 0 aliphatic carbocycles. The molecule has 0 radical (unpaired) electrons. The van der Waals surface area contributed by atoms with Crippen LogP contribution in [0.25, 0.3) is 0 Å². The number of anilines is 3. The zero-order valence-corrected chi connectivity index (χ0v) is 17.9. The normalized spacial score (nSPS) is 14.5. The number of carbonyl (C=O) groups excluding carboxylic acids is 1. The smallest absolute Gasteiger partial charge is 0.246 e. The average molecular weight is 410 g/mol. The number of nitrogens with one attached hydrogen (secondary N) is 1. The molecule has 0 fully saturated rings. The highest BCUT2D eigenvalue weighted by Crippen LogP contribution is 2.48. The predicted octanol–water partition coefficient (Wildman–Crippen LogP) is 3.49. The molecule has 0 spiro atoms. The number of nitrogens with zero attached hydrogens (tertiary/aromatic N) is 4. The van der Waals surface area contributed by atoms with Gasteiger partial charge >= 0.3 is 0 Å². The lowest BCUT2D eigenvalue weighted by molar-refractivity contribution is -0.118. The van der Waals surface area contributed by atoms with Crippen LogP contribution in [0.3, 0.4) is 0 Å². The van der Waals surface area contributed by atoms with E-state index in [1.165, 1.54) is 0 Å². The third-order valence-electron chi connectivity index (χ3n) is 5.60. The van der Waals surface area contributed by atoms with Crippen molar-refractivity contribution in [1.82, 2.24) is 9.55 Å². The molecule has 1 amide bonds. The van der Waals surface area contributed by atoms with Crippen LogP contribution in [0.15, 0.2) is 48.5 Å². The molecule has 1 aliphatic rings. The van der Waals surface area contributed by atoms with Crippen molar-refractivity contribution in [1.29, 1.82) is 0 Å². The van der Waals surface area contributed by atoms with Crippen LogP contribution in [0, 0.1) is 0 Å². The van der Waals surface area contributed by atoms with Gasteiger partial charge in [0.2, 0.25) is 11.2 Å². The maximum atomic E-state index is 13.5. The Morgan fingerprint density at radius 1 is 0.897 bits per heavy atom. The van der Waals surface area contributed by atoms with Crippen molar-refractivity contribution in [3.8, 4) is 0 Å². The highest BCUT2D eigenvalue weighted by Gasteiger charge is 2.53. The lowest BCUT2D eigenvalue weighted by Crippen LogP contribution is -2.37. The predicted molar refractivity (Wildman–Crippen MR) is 118 cm³/mol. The summed E-state index contributed by atoms with van der Waals surface area (Å²) in [5.74, 6) is 0.505. The van der Waals surface area contributed by atoms with E-state index in [1.54, 1.807) is 11.6 Å². The van der Waals surface area contributed by atoms with Crippen LogP contribution in [0.2, 0.25) is 5.28 Å². The summed E-state index contributed by atoms with van der Waals surface area (Å²) in [7, 11) is 9.76. The SMILES string of the molecule is CN(C)c1ccc(C2(c3ccc(N(C)C)cc3)C(=O)Nc3c2nc(Cl)n3C)cc1. The second-order valence-corrected chi connectivity index (χ2v) is 8.06. The summed E-state index contributed by atoms with van der Waals surface area (Å²) >= 11 is 6.32. The summed E-state index contributed by atoms with van der Waals surface area (Å²) < 4.78 is 1.71. The van der Waals surface area contributed by atoms with Crippen LogP contribution in [-0.4, -0.2) is 43.6 Å². The molecule has 1 N–H and O–H groups in total. The average Bonchev–Trinajstić information content (AvgIpc) is 3.14. The number of imidazole rings is 1. The molecule has 150 valence electrons. The van der Waals surface area contributed by atoms with Crippen molar-refractivity contribution in [2.45, 2.75) is 5.41 Å². The fourth-order valence-electron chi connectivity index (χ4n) is 3.91. The van der Waals surface area contributed by atoms with Crippen molar-refractivity contribution in [2.24, 2.45) is 7.05 Å². The van der Waals surface area contributed by atoms with Gasteiger partial charge < -0.3 is 19.7 Å². The first-order chi connectivity index (χ1) is 13.8. The van der Waals surface area contributed by atoms with Crippen LogP contribution < -0.4 is 15.1 Å². The minimum Gasteiger partial charge on any atom is -0.378 e. The highest BCUT2D eigenvalue weighted by atomic mass is 35.5. The monoisotopic (exact) mass is 409 g/mol. The molecule has 0 bridgehead atoms. The Hall–Kier alpha value is -2.99. The van der Waals surface area contributed by atoms with Gasteiger partial charge in [-0.1, -0.05) is 24.3 Å². The van der Waals surface area contributed by atoms with E-state index in [0.29, 0.717) is 16.8 Å². The fraction of sp³-hybridized carbons (Fsp3) is 0.273. The Labute approximate surface area is 175 Å². The van der Waals surface area contributed by atoms with Gasteiger partial charge in [-0.2, -0.15) is 0 Å². The summed E-state index contributed by atoms with van der Waals surface area (Å²) in [5.41, 5.74) is 3.40. The lowest BCUT2D eigenvalue weighted by Gasteiger charge is -2.28. The van der Waals surface area contributed by atoms with Crippen molar-refractivity contribution in [2.75, 3.05) is 43.3 Å². The molecule has 7 heteroatoms. The van der Waals surface area contributed by atoms with E-state index >= 15 is 0 Å². The third-order valence-corrected chi connectivity index (χ3v) is 5.94. The first-order valence-electron chi connectivity index (χ1n) is 9.36. The standard InChI is InChI=1S/C22H24ClN5O/c1-26(2)16-10-6-14(7-11-16)22(15-8-12-17(13-9-15)27(3)4)18-19(25-20(22)29)28(5)21(23)24-18/h6-13H,1-5H3,(H,25,29). The first kappa shape index (κ1) is 19.3. The number of fused-ring (bicyclic) bond motifs is 1. The van der Waals surface area contributed by atoms with Gasteiger partial charge in [-0.25, -0.2) is 4.98 Å². The van der Waals surface area contributed by atoms with E-state index in [0.717, 1.165) is 22.5 Å². The first-order valence-corrected chi connectivity index (χ1v) is 9.74. The van der Waals surface area contributed by atoms with E-state index in [9.17, 15) is 4.79 Å². The quantitative estimate of drug-likeness (QED) is 0.716. The molecule has 29 heavy (non-hydrogen) atoms. The largest absolute Gasteiger partial charge is 0.378 e. The second kappa shape index (κ2) is 6.81. The Morgan fingerprint density at radius 2 is 1.34 bits per heavy atom. The fourth-order valence-corrected chi connectivity index (χ4v) is 4.08. The molecule has 0 saturated carbocycles. The highest BCUT2D eigenvalue weighted by molar-refractivity contribution is 6.29. The number of hydrogen-bond acceptors (Lipinski definition) is 4. The second-order valence-electron chi connectivity index (χ2n) is 7.72. The van der Waals surface area contributed by atoms with Crippen molar-refractivity contribution in [3.05, 3.63) is 70.6 Å². The number of hydrogen-bond donors (Lipinski definition) is 1. The molecular formula is C22H24ClN5O. The topological polar surface area (TPSA) is 53.4 Å². The van der Waals surface area contributed by atoms with Gasteiger partial charge in [0, 0.05) is 46.6 Å². The summed E-state index contributed by atoms with van der Waals surface area (Å²) in [6.07, 6.45) is 0. The number of aromatic nitrogens is 2. The van der Waals surface area contributed by atoms with Crippen LogP contribution >= 0.6 is 11.6 Å². The van der Waals surface area contributed by atoms with Crippen LogP contribution in [0.5, 0.6) is 0 Å². The minimum atomic E-state index is -1.06. The number of benzene rings is 2. The van der Waals surface area contributed by atoms with Crippen LogP contribution in [0.4, 0.5) is 17.2 Å². The molecule has 2 heterocycles. The van der Waals surface area contributed by atoms with E-state index < -0.39 is 5.41 Å². The van der Waals surface area contributed by atoms with Gasteiger partial charge in [0.15, 0.2) is 0 Å². The molecule has 3 aromatic rings. The van der Waals surface area contributed by atoms with Gasteiger partial charge in [-0.15, -0.1) is 0 Å². The Balaban J connectivity index is 1.98. The summed E-state index contributed by atoms with van der Waals surface area (Å²) in [6, 6.07) is 16.0. The number of halogens is 1. The van der Waals surface area contributed by atoms with Gasteiger partial charge in [0.05, 0.1) is 0 Å². The molecule has 0 saturated heterocycles. The lowest BCUT2D eigenvalue weighted by atomic mass is 9.72. The maximum Gasteiger partial charge on any atom is 0.246 e. The van der Waals surface area contributed by atoms with Crippen molar-refractivity contribution >= 4 is 34.7 Å². The number of amides is 1. The van der Waals surface area contributed by atoms with E-state index in [4.69, 9.17) is 11.6 Å². The molecule has 0 atom stereocenters. The molecule has 2 aromatic carbocycles. The maximum absolute atomic E-state index is 13.5. The van der Waals surface area contributed by atoms with E-state index in [-0.39, 0.29) is 5.91 Å². The molecule has 0 unspecified atom stereocenters. The zero-order valence-electron chi connectivity index (χ0n) is 17.2. The summed E-state index contributed by atoms with van der Waals surface area (Å²) in [4.78, 5) is 22.1. The van der Waals surface area contributed by atoms with Gasteiger partial charge in [0.25, 0.3) is 0 Å². The third kappa shape index (κ3) is 2.78. The van der Waals surface area contributed by atoms with E-state index in [2.05, 4.69) is 10.3 Å². The molecule has 4 rings (SSSR count). The molecule has 1 aromatic heterocycles. The summed E-state index contributed by atoms with van der Waals surface area (Å²) in [6.45, 7) is 0.